The second kappa shape index (κ2) is 11.3. The number of hydrogen-bond acceptors (Lipinski definition) is 4. The molecule has 262 valence electrons. The summed E-state index contributed by atoms with van der Waals surface area (Å²) < 4.78 is 5.16. The summed E-state index contributed by atoms with van der Waals surface area (Å²) in [7, 11) is 0. The Kier molecular flexibility index (Phi) is 6.32. The molecule has 4 aliphatic heterocycles. The highest BCUT2D eigenvalue weighted by Gasteiger charge is 2.51. The molecule has 13 rings (SSSR count). The number of aromatic nitrogens is 2. The molecule has 4 nitrogen and oxygen atoms in total. The van der Waals surface area contributed by atoms with Gasteiger partial charge in [0.15, 0.2) is 0 Å². The Bertz CT molecular complexity index is 2940. The van der Waals surface area contributed by atoms with Crippen molar-refractivity contribution < 1.29 is 0 Å². The van der Waals surface area contributed by atoms with Crippen molar-refractivity contribution in [3.8, 4) is 22.3 Å². The molecule has 56 heavy (non-hydrogen) atoms. The number of hydrogen-bond donors (Lipinski definition) is 0. The van der Waals surface area contributed by atoms with E-state index in [4.69, 9.17) is 0 Å². The molecule has 0 radical (unpaired) electrons. The summed E-state index contributed by atoms with van der Waals surface area (Å²) in [6.07, 6.45) is 9.05. The summed E-state index contributed by atoms with van der Waals surface area (Å²) in [5.74, 6) is 0. The molecule has 7 aromatic carbocycles. The Labute approximate surface area is 334 Å². The highest BCUT2D eigenvalue weighted by molar-refractivity contribution is 7.98. The Morgan fingerprint density at radius 1 is 0.446 bits per heavy atom. The van der Waals surface area contributed by atoms with Gasteiger partial charge in [0.25, 0.3) is 0 Å². The molecule has 0 fully saturated rings. The standard InChI is InChI=1S/C48H32B2N4S2/c1-55-33-19-21-37-39(27-33)53(31-13-5-3-6-14-31)47-43-41(35-17-9-11-29-23-25-51(45(29)35)49(37)43)42-36-18-10-12-30-24-26-52(46(30)36)50-38-22-20-34(56-2)28-40(38)54(48(47)44(42)50)32-15-7-4-8-16-32/h3-28H,1-2H3. The average Bonchev–Trinajstić information content (AvgIpc) is 3.90. The fourth-order valence-corrected chi connectivity index (χ4v) is 11.4. The molecule has 0 bridgehead atoms. The summed E-state index contributed by atoms with van der Waals surface area (Å²) in [4.78, 5) is 7.73. The molecule has 0 spiro atoms. The summed E-state index contributed by atoms with van der Waals surface area (Å²) in [5.41, 5.74) is 20.6. The molecule has 9 aromatic rings. The van der Waals surface area contributed by atoms with Gasteiger partial charge < -0.3 is 18.8 Å². The monoisotopic (exact) mass is 750 g/mol. The molecule has 0 N–H and O–H groups in total. The van der Waals surface area contributed by atoms with Crippen LogP contribution in [0.3, 0.4) is 0 Å². The SMILES string of the molecule is CSc1ccc2c(c1)N(c1ccccc1)c1c3c(c4c5c1N(c1ccccc1)c1cc(SC)ccc1B5n1ccc5cccc-4c51)-c1cccc4ccn(c14)B23. The van der Waals surface area contributed by atoms with E-state index >= 15 is 0 Å². The zero-order valence-electron chi connectivity index (χ0n) is 30.8. The van der Waals surface area contributed by atoms with Gasteiger partial charge in [-0.3, -0.25) is 0 Å². The van der Waals surface area contributed by atoms with Gasteiger partial charge in [0, 0.05) is 54.7 Å². The normalized spacial score (nSPS) is 13.9. The van der Waals surface area contributed by atoms with Crippen LogP contribution in [0.25, 0.3) is 44.1 Å². The Balaban J connectivity index is 1.32. The zero-order chi connectivity index (χ0) is 36.8. The Hall–Kier alpha value is -5.95. The van der Waals surface area contributed by atoms with Crippen molar-refractivity contribution in [2.24, 2.45) is 0 Å². The van der Waals surface area contributed by atoms with Crippen LogP contribution < -0.4 is 31.7 Å². The molecule has 0 amide bonds. The third-order valence-electron chi connectivity index (χ3n) is 12.7. The van der Waals surface area contributed by atoms with Gasteiger partial charge in [0.1, 0.15) is 0 Å². The van der Waals surface area contributed by atoms with Gasteiger partial charge in [-0.25, -0.2) is 0 Å². The maximum atomic E-state index is 2.61. The van der Waals surface area contributed by atoms with Crippen LogP contribution in [-0.2, 0) is 0 Å². The van der Waals surface area contributed by atoms with E-state index in [0.29, 0.717) is 0 Å². The molecule has 0 saturated carbocycles. The molecular weight excluding hydrogens is 718 g/mol. The van der Waals surface area contributed by atoms with Crippen molar-refractivity contribution in [1.29, 1.82) is 0 Å². The van der Waals surface area contributed by atoms with Crippen LogP contribution >= 0.6 is 23.5 Å². The predicted octanol–water partition coefficient (Wildman–Crippen LogP) is 9.87. The molecule has 6 heterocycles. The lowest BCUT2D eigenvalue weighted by Crippen LogP contribution is -2.61. The summed E-state index contributed by atoms with van der Waals surface area (Å²) in [5, 5.41) is 2.56. The fraction of sp³-hybridized carbons (Fsp3) is 0.0417. The van der Waals surface area contributed by atoms with Crippen molar-refractivity contribution in [3.05, 3.63) is 158 Å². The molecule has 0 unspecified atom stereocenters. The lowest BCUT2D eigenvalue weighted by atomic mass is 9.40. The van der Waals surface area contributed by atoms with Crippen LogP contribution in [0.1, 0.15) is 0 Å². The minimum atomic E-state index is -0.0252. The topological polar surface area (TPSA) is 16.3 Å². The number of thioether (sulfide) groups is 2. The van der Waals surface area contributed by atoms with E-state index in [1.54, 1.807) is 0 Å². The molecule has 2 aromatic heterocycles. The number of anilines is 6. The summed E-state index contributed by atoms with van der Waals surface area (Å²) in [6, 6.07) is 55.0. The van der Waals surface area contributed by atoms with Gasteiger partial charge in [-0.2, -0.15) is 0 Å². The third kappa shape index (κ3) is 3.86. The molecular formula is C48H32B2N4S2. The van der Waals surface area contributed by atoms with Gasteiger partial charge in [-0.05, 0) is 129 Å². The number of fused-ring (bicyclic) bond motifs is 10. The van der Waals surface area contributed by atoms with Crippen molar-refractivity contribution in [2.45, 2.75) is 9.79 Å². The van der Waals surface area contributed by atoms with Gasteiger partial charge >= 0.3 is 13.7 Å². The average molecular weight is 751 g/mol. The summed E-state index contributed by atoms with van der Waals surface area (Å²) in [6.45, 7) is -0.0505. The predicted molar refractivity (Wildman–Crippen MR) is 242 cm³/mol. The lowest BCUT2D eigenvalue weighted by molar-refractivity contribution is 1.18. The minimum Gasteiger partial charge on any atom is -0.382 e. The van der Waals surface area contributed by atoms with E-state index in [0.717, 1.165) is 11.4 Å². The van der Waals surface area contributed by atoms with Crippen LogP contribution in [0.4, 0.5) is 34.1 Å². The first-order valence-corrected chi connectivity index (χ1v) is 21.7. The Morgan fingerprint density at radius 2 is 0.893 bits per heavy atom. The van der Waals surface area contributed by atoms with E-state index in [2.05, 4.69) is 189 Å². The van der Waals surface area contributed by atoms with Crippen LogP contribution in [0.2, 0.25) is 0 Å². The molecule has 0 atom stereocenters. The van der Waals surface area contributed by atoms with Crippen molar-refractivity contribution in [3.63, 3.8) is 0 Å². The second-order valence-corrected chi connectivity index (χ2v) is 17.0. The summed E-state index contributed by atoms with van der Waals surface area (Å²) >= 11 is 3.62. The third-order valence-corrected chi connectivity index (χ3v) is 14.1. The highest BCUT2D eigenvalue weighted by Crippen LogP contribution is 2.55. The van der Waals surface area contributed by atoms with Crippen LogP contribution in [0, 0.1) is 0 Å². The first kappa shape index (κ1) is 31.3. The molecule has 0 aliphatic carbocycles. The first-order valence-electron chi connectivity index (χ1n) is 19.2. The van der Waals surface area contributed by atoms with E-state index in [-0.39, 0.29) is 13.7 Å². The molecule has 8 heteroatoms. The largest absolute Gasteiger partial charge is 0.382 e. The quantitative estimate of drug-likeness (QED) is 0.132. The van der Waals surface area contributed by atoms with E-state index in [1.807, 2.05) is 23.5 Å². The fourth-order valence-electron chi connectivity index (χ4n) is 10.5. The van der Waals surface area contributed by atoms with E-state index in [9.17, 15) is 0 Å². The van der Waals surface area contributed by atoms with Gasteiger partial charge in [0.2, 0.25) is 0 Å². The number of para-hydroxylation sites is 4. The first-order chi connectivity index (χ1) is 27.7. The highest BCUT2D eigenvalue weighted by atomic mass is 32.2. The smallest absolute Gasteiger partial charge is 0.332 e. The zero-order valence-corrected chi connectivity index (χ0v) is 32.4. The molecule has 0 saturated heterocycles. The van der Waals surface area contributed by atoms with Crippen LogP contribution in [-0.4, -0.2) is 35.2 Å². The maximum absolute atomic E-state index is 2.61. The van der Waals surface area contributed by atoms with Crippen LogP contribution in [0.5, 0.6) is 0 Å². The number of rotatable bonds is 4. The molecule has 4 aliphatic rings. The van der Waals surface area contributed by atoms with Gasteiger partial charge in [-0.15, -0.1) is 23.5 Å². The van der Waals surface area contributed by atoms with E-state index < -0.39 is 0 Å². The minimum absolute atomic E-state index is 0.0252. The number of benzene rings is 7. The van der Waals surface area contributed by atoms with Crippen molar-refractivity contribution >= 4 is 115 Å². The van der Waals surface area contributed by atoms with Gasteiger partial charge in [-0.1, -0.05) is 84.9 Å². The number of nitrogens with zero attached hydrogens (tertiary/aromatic N) is 4. The maximum Gasteiger partial charge on any atom is 0.332 e. The van der Waals surface area contributed by atoms with Crippen molar-refractivity contribution in [1.82, 2.24) is 8.96 Å². The Morgan fingerprint density at radius 3 is 1.32 bits per heavy atom. The van der Waals surface area contributed by atoms with Gasteiger partial charge in [0.05, 0.1) is 11.4 Å². The van der Waals surface area contributed by atoms with Crippen LogP contribution in [0.15, 0.2) is 168 Å². The van der Waals surface area contributed by atoms with Crippen molar-refractivity contribution in [2.75, 3.05) is 22.3 Å². The lowest BCUT2D eigenvalue weighted by Gasteiger charge is -2.48. The second-order valence-electron chi connectivity index (χ2n) is 15.2. The van der Waals surface area contributed by atoms with E-state index in [1.165, 1.54) is 98.5 Å².